The Kier molecular flexibility index (Phi) is 8.55. The van der Waals surface area contributed by atoms with E-state index in [4.69, 9.17) is 4.43 Å². The van der Waals surface area contributed by atoms with E-state index in [9.17, 15) is 0 Å². The highest BCUT2D eigenvalue weighted by molar-refractivity contribution is 6.74. The first-order valence-electron chi connectivity index (χ1n) is 9.37. The van der Waals surface area contributed by atoms with Crippen LogP contribution in [0.2, 0.25) is 18.1 Å². The maximum absolute atomic E-state index is 6.62. The van der Waals surface area contributed by atoms with Crippen molar-refractivity contribution in [2.24, 2.45) is 0 Å². The first kappa shape index (κ1) is 20.8. The van der Waals surface area contributed by atoms with Gasteiger partial charge in [-0.05, 0) is 49.9 Å². The zero-order chi connectivity index (χ0) is 18.1. The second-order valence-corrected chi connectivity index (χ2v) is 12.7. The summed E-state index contributed by atoms with van der Waals surface area (Å²) < 4.78 is 6.62. The highest BCUT2D eigenvalue weighted by Gasteiger charge is 2.39. The standard InChI is InChI=1S/C22H36OSi/c1-7-8-9-10-11-12-16-19-21(20-17-14-13-15-18-20)23-24(5,6)22(2,3)4/h9-10,13-15,17-19H,7-8,11-12,16H2,1-6H3/b10-9-,21-19-. The van der Waals surface area contributed by atoms with Crippen molar-refractivity contribution in [2.45, 2.75) is 77.9 Å². The molecule has 1 aromatic rings. The minimum Gasteiger partial charge on any atom is -0.543 e. The van der Waals surface area contributed by atoms with Crippen LogP contribution in [0.1, 0.15) is 65.4 Å². The number of hydrogen-bond donors (Lipinski definition) is 0. The van der Waals surface area contributed by atoms with Gasteiger partial charge in [0.05, 0.1) is 0 Å². The van der Waals surface area contributed by atoms with E-state index >= 15 is 0 Å². The SMILES string of the molecule is CCC/C=C\CCC/C=C(\O[Si](C)(C)C(C)(C)C)c1ccccc1. The highest BCUT2D eigenvalue weighted by atomic mass is 28.4. The van der Waals surface area contributed by atoms with Crippen LogP contribution in [0.5, 0.6) is 0 Å². The minimum absolute atomic E-state index is 0.212. The molecule has 24 heavy (non-hydrogen) atoms. The van der Waals surface area contributed by atoms with E-state index in [1.54, 1.807) is 0 Å². The van der Waals surface area contributed by atoms with Gasteiger partial charge in [0.15, 0.2) is 0 Å². The third kappa shape index (κ3) is 7.08. The molecule has 1 aromatic carbocycles. The molecule has 0 spiro atoms. The summed E-state index contributed by atoms with van der Waals surface area (Å²) in [6.07, 6.45) is 12.7. The maximum atomic E-state index is 6.62. The summed E-state index contributed by atoms with van der Waals surface area (Å²) in [5.41, 5.74) is 1.20. The Morgan fingerprint density at radius 2 is 1.62 bits per heavy atom. The predicted octanol–water partition coefficient (Wildman–Crippen LogP) is 7.58. The zero-order valence-corrected chi connectivity index (χ0v) is 17.6. The largest absolute Gasteiger partial charge is 0.543 e. The van der Waals surface area contributed by atoms with Gasteiger partial charge >= 0.3 is 0 Å². The third-order valence-corrected chi connectivity index (χ3v) is 9.10. The van der Waals surface area contributed by atoms with Crippen molar-refractivity contribution in [3.8, 4) is 0 Å². The molecule has 2 heteroatoms. The van der Waals surface area contributed by atoms with Crippen LogP contribution in [0.4, 0.5) is 0 Å². The normalized spacial score (nSPS) is 13.5. The van der Waals surface area contributed by atoms with E-state index in [-0.39, 0.29) is 5.04 Å². The fourth-order valence-electron chi connectivity index (χ4n) is 2.12. The van der Waals surface area contributed by atoms with Gasteiger partial charge in [-0.3, -0.25) is 0 Å². The van der Waals surface area contributed by atoms with Crippen LogP contribution in [-0.2, 0) is 4.43 Å². The molecule has 0 heterocycles. The molecule has 1 rings (SSSR count). The van der Waals surface area contributed by atoms with Crippen molar-refractivity contribution in [1.82, 2.24) is 0 Å². The molecule has 0 radical (unpaired) electrons. The Labute approximate surface area is 151 Å². The Bertz CT molecular complexity index is 521. The van der Waals surface area contributed by atoms with Gasteiger partial charge in [-0.1, -0.05) is 76.6 Å². The Balaban J connectivity index is 2.78. The average Bonchev–Trinajstić information content (AvgIpc) is 2.52. The fourth-order valence-corrected chi connectivity index (χ4v) is 3.18. The number of benzene rings is 1. The molecule has 0 N–H and O–H groups in total. The molecule has 0 amide bonds. The van der Waals surface area contributed by atoms with E-state index in [2.05, 4.69) is 89.3 Å². The lowest BCUT2D eigenvalue weighted by atomic mass is 10.1. The van der Waals surface area contributed by atoms with E-state index in [0.717, 1.165) is 18.6 Å². The summed E-state index contributed by atoms with van der Waals surface area (Å²) in [5.74, 6) is 1.07. The second-order valence-electron chi connectivity index (χ2n) is 7.99. The lowest BCUT2D eigenvalue weighted by Gasteiger charge is -2.37. The molecule has 0 saturated heterocycles. The van der Waals surface area contributed by atoms with Gasteiger partial charge in [0.25, 0.3) is 0 Å². The molecular formula is C22H36OSi. The fraction of sp³-hybridized carbons (Fsp3) is 0.545. The van der Waals surface area contributed by atoms with Gasteiger partial charge in [-0.2, -0.15) is 0 Å². The summed E-state index contributed by atoms with van der Waals surface area (Å²) >= 11 is 0. The van der Waals surface area contributed by atoms with Gasteiger partial charge in [-0.15, -0.1) is 0 Å². The van der Waals surface area contributed by atoms with Gasteiger partial charge in [-0.25, -0.2) is 0 Å². The molecule has 0 aliphatic carbocycles. The molecule has 0 fully saturated rings. The van der Waals surface area contributed by atoms with Crippen molar-refractivity contribution < 1.29 is 4.43 Å². The van der Waals surface area contributed by atoms with Crippen LogP contribution in [-0.4, -0.2) is 8.32 Å². The summed E-state index contributed by atoms with van der Waals surface area (Å²) in [4.78, 5) is 0. The molecular weight excluding hydrogens is 308 g/mol. The van der Waals surface area contributed by atoms with Crippen LogP contribution in [0, 0.1) is 0 Å². The number of hydrogen-bond acceptors (Lipinski definition) is 1. The number of allylic oxidation sites excluding steroid dienone is 3. The lowest BCUT2D eigenvalue weighted by molar-refractivity contribution is 0.456. The van der Waals surface area contributed by atoms with E-state index in [0.29, 0.717) is 0 Å². The zero-order valence-electron chi connectivity index (χ0n) is 16.6. The molecule has 0 bridgehead atoms. The Morgan fingerprint density at radius 3 is 2.21 bits per heavy atom. The Hall–Kier alpha value is -1.28. The van der Waals surface area contributed by atoms with E-state index < -0.39 is 8.32 Å². The maximum Gasteiger partial charge on any atom is 0.250 e. The molecule has 0 atom stereocenters. The molecule has 0 aromatic heterocycles. The van der Waals surface area contributed by atoms with Crippen LogP contribution in [0.15, 0.2) is 48.6 Å². The van der Waals surface area contributed by atoms with Gasteiger partial charge in [0.2, 0.25) is 8.32 Å². The lowest BCUT2D eigenvalue weighted by Crippen LogP contribution is -2.40. The second kappa shape index (κ2) is 9.88. The Morgan fingerprint density at radius 1 is 1.00 bits per heavy atom. The summed E-state index contributed by atoms with van der Waals surface area (Å²) in [5, 5.41) is 0.212. The first-order chi connectivity index (χ1) is 11.3. The molecule has 0 aliphatic rings. The van der Waals surface area contributed by atoms with E-state index in [1.165, 1.54) is 24.8 Å². The monoisotopic (exact) mass is 344 g/mol. The predicted molar refractivity (Wildman–Crippen MR) is 111 cm³/mol. The minimum atomic E-state index is -1.82. The van der Waals surface area contributed by atoms with Crippen LogP contribution < -0.4 is 0 Å². The average molecular weight is 345 g/mol. The molecule has 0 unspecified atom stereocenters. The van der Waals surface area contributed by atoms with Crippen LogP contribution >= 0.6 is 0 Å². The van der Waals surface area contributed by atoms with E-state index in [1.807, 2.05) is 0 Å². The first-order valence-corrected chi connectivity index (χ1v) is 12.3. The molecule has 1 nitrogen and oxygen atoms in total. The summed E-state index contributed by atoms with van der Waals surface area (Å²) in [6.45, 7) is 13.7. The van der Waals surface area contributed by atoms with Crippen LogP contribution in [0.3, 0.4) is 0 Å². The molecule has 0 saturated carbocycles. The molecule has 134 valence electrons. The smallest absolute Gasteiger partial charge is 0.250 e. The topological polar surface area (TPSA) is 9.23 Å². The van der Waals surface area contributed by atoms with Gasteiger partial charge in [0, 0.05) is 5.56 Å². The van der Waals surface area contributed by atoms with Crippen molar-refractivity contribution >= 4 is 14.1 Å². The van der Waals surface area contributed by atoms with Gasteiger partial charge < -0.3 is 4.43 Å². The van der Waals surface area contributed by atoms with Crippen LogP contribution in [0.25, 0.3) is 5.76 Å². The third-order valence-electron chi connectivity index (χ3n) is 4.76. The molecule has 0 aliphatic heterocycles. The number of unbranched alkanes of at least 4 members (excludes halogenated alkanes) is 3. The van der Waals surface area contributed by atoms with Crippen molar-refractivity contribution in [2.75, 3.05) is 0 Å². The van der Waals surface area contributed by atoms with Gasteiger partial charge in [0.1, 0.15) is 5.76 Å². The number of rotatable bonds is 9. The quantitative estimate of drug-likeness (QED) is 0.194. The highest BCUT2D eigenvalue weighted by Crippen LogP contribution is 2.39. The van der Waals surface area contributed by atoms with Crippen molar-refractivity contribution in [3.63, 3.8) is 0 Å². The summed E-state index contributed by atoms with van der Waals surface area (Å²) in [7, 11) is -1.82. The summed E-state index contributed by atoms with van der Waals surface area (Å²) in [6, 6.07) is 10.5. The van der Waals surface area contributed by atoms with Crippen molar-refractivity contribution in [1.29, 1.82) is 0 Å². The van der Waals surface area contributed by atoms with Crippen molar-refractivity contribution in [3.05, 3.63) is 54.1 Å².